The Balaban J connectivity index is 1.43. The highest BCUT2D eigenvalue weighted by Crippen LogP contribution is 2.40. The second-order valence-electron chi connectivity index (χ2n) is 8.73. The second kappa shape index (κ2) is 7.55. The zero-order valence-electron chi connectivity index (χ0n) is 17.6. The standard InChI is InChI=1S/C26H23FN4O/c27-21-9-3-4-11-24(21)31-25-20(15-28-31)19(14-23(29-25)17-12-13-17)26(32)30-22-10-5-7-16-6-1-2-8-18(16)22/h1-4,6,8-9,11,14-15,17,22H,5,7,10,12-13H2,(H,30,32)/t22-/m1/s1. The lowest BCUT2D eigenvalue weighted by atomic mass is 9.87. The van der Waals surface area contributed by atoms with Gasteiger partial charge in [-0.25, -0.2) is 14.1 Å². The number of aryl methyl sites for hydroxylation is 1. The van der Waals surface area contributed by atoms with Gasteiger partial charge in [-0.2, -0.15) is 5.10 Å². The van der Waals surface area contributed by atoms with Gasteiger partial charge in [0.1, 0.15) is 11.5 Å². The van der Waals surface area contributed by atoms with Crippen molar-refractivity contribution in [2.75, 3.05) is 0 Å². The Bertz CT molecular complexity index is 1340. The van der Waals surface area contributed by atoms with Crippen LogP contribution in [0.5, 0.6) is 0 Å². The number of para-hydroxylation sites is 1. The van der Waals surface area contributed by atoms with Crippen LogP contribution in [0.4, 0.5) is 4.39 Å². The number of nitrogens with one attached hydrogen (secondary N) is 1. The molecule has 0 unspecified atom stereocenters. The molecular formula is C26H23FN4O. The number of benzene rings is 2. The van der Waals surface area contributed by atoms with E-state index >= 15 is 0 Å². The zero-order valence-corrected chi connectivity index (χ0v) is 17.6. The van der Waals surface area contributed by atoms with Crippen molar-refractivity contribution < 1.29 is 9.18 Å². The topological polar surface area (TPSA) is 59.8 Å². The third-order valence-electron chi connectivity index (χ3n) is 6.56. The molecule has 0 saturated heterocycles. The number of nitrogens with zero attached hydrogens (tertiary/aromatic N) is 3. The van der Waals surface area contributed by atoms with E-state index in [9.17, 15) is 9.18 Å². The maximum atomic E-state index is 14.5. The van der Waals surface area contributed by atoms with Gasteiger partial charge in [0.25, 0.3) is 5.91 Å². The molecule has 160 valence electrons. The summed E-state index contributed by atoms with van der Waals surface area (Å²) in [6.45, 7) is 0. The van der Waals surface area contributed by atoms with E-state index in [1.807, 2.05) is 12.1 Å². The van der Waals surface area contributed by atoms with Crippen molar-refractivity contribution in [3.63, 3.8) is 0 Å². The summed E-state index contributed by atoms with van der Waals surface area (Å²) < 4.78 is 16.0. The molecule has 2 aromatic heterocycles. The Morgan fingerprint density at radius 1 is 1.06 bits per heavy atom. The van der Waals surface area contributed by atoms with Crippen LogP contribution in [-0.4, -0.2) is 20.7 Å². The number of halogens is 1. The van der Waals surface area contributed by atoms with Crippen LogP contribution in [0.25, 0.3) is 16.7 Å². The summed E-state index contributed by atoms with van der Waals surface area (Å²) in [5, 5.41) is 8.30. The van der Waals surface area contributed by atoms with Crippen LogP contribution >= 0.6 is 0 Å². The molecule has 1 saturated carbocycles. The van der Waals surface area contributed by atoms with Gasteiger partial charge < -0.3 is 5.32 Å². The van der Waals surface area contributed by atoms with Crippen LogP contribution in [0.2, 0.25) is 0 Å². The predicted molar refractivity (Wildman–Crippen MR) is 120 cm³/mol. The molecule has 5 nitrogen and oxygen atoms in total. The summed E-state index contributed by atoms with van der Waals surface area (Å²) in [4.78, 5) is 18.3. The fourth-order valence-corrected chi connectivity index (χ4v) is 4.74. The molecule has 1 fully saturated rings. The maximum Gasteiger partial charge on any atom is 0.252 e. The van der Waals surface area contributed by atoms with E-state index in [-0.39, 0.29) is 17.8 Å². The molecule has 0 aliphatic heterocycles. The number of pyridine rings is 1. The van der Waals surface area contributed by atoms with Gasteiger partial charge in [0.2, 0.25) is 0 Å². The minimum atomic E-state index is -0.374. The van der Waals surface area contributed by atoms with Crippen LogP contribution in [0.3, 0.4) is 0 Å². The van der Waals surface area contributed by atoms with Gasteiger partial charge >= 0.3 is 0 Å². The van der Waals surface area contributed by atoms with Gasteiger partial charge in [0.15, 0.2) is 5.65 Å². The number of fused-ring (bicyclic) bond motifs is 2. The highest BCUT2D eigenvalue weighted by Gasteiger charge is 2.29. The van der Waals surface area contributed by atoms with Crippen molar-refractivity contribution >= 4 is 16.9 Å². The van der Waals surface area contributed by atoms with Crippen LogP contribution in [-0.2, 0) is 6.42 Å². The molecule has 2 aliphatic carbocycles. The summed E-state index contributed by atoms with van der Waals surface area (Å²) in [6.07, 6.45) is 6.75. The van der Waals surface area contributed by atoms with Crippen molar-refractivity contribution in [2.24, 2.45) is 0 Å². The number of hydrogen-bond donors (Lipinski definition) is 1. The fourth-order valence-electron chi connectivity index (χ4n) is 4.74. The summed E-state index contributed by atoms with van der Waals surface area (Å²) in [7, 11) is 0. The van der Waals surface area contributed by atoms with Crippen LogP contribution in [0.15, 0.2) is 60.8 Å². The summed E-state index contributed by atoms with van der Waals surface area (Å²) >= 11 is 0. The Labute approximate surface area is 185 Å². The minimum Gasteiger partial charge on any atom is -0.345 e. The third kappa shape index (κ3) is 3.27. The summed E-state index contributed by atoms with van der Waals surface area (Å²) in [5.74, 6) is -0.152. The molecule has 2 aromatic carbocycles. The smallest absolute Gasteiger partial charge is 0.252 e. The normalized spacial score (nSPS) is 17.8. The largest absolute Gasteiger partial charge is 0.345 e. The van der Waals surface area contributed by atoms with Crippen LogP contribution < -0.4 is 5.32 Å². The average molecular weight is 426 g/mol. The van der Waals surface area contributed by atoms with Gasteiger partial charge in [-0.1, -0.05) is 36.4 Å². The van der Waals surface area contributed by atoms with E-state index in [4.69, 9.17) is 4.98 Å². The SMILES string of the molecule is O=C(N[C@@H]1CCCc2ccccc21)c1cc(C2CC2)nc2c1cnn2-c1ccccc1F. The monoisotopic (exact) mass is 426 g/mol. The Morgan fingerprint density at radius 2 is 1.88 bits per heavy atom. The van der Waals surface area contributed by atoms with Crippen molar-refractivity contribution in [3.05, 3.63) is 89.0 Å². The maximum absolute atomic E-state index is 14.5. The van der Waals surface area contributed by atoms with Gasteiger partial charge in [-0.15, -0.1) is 0 Å². The molecule has 1 amide bonds. The van der Waals surface area contributed by atoms with Gasteiger partial charge in [0, 0.05) is 11.6 Å². The van der Waals surface area contributed by atoms with Crippen molar-refractivity contribution in [1.82, 2.24) is 20.1 Å². The minimum absolute atomic E-state index is 0.0124. The second-order valence-corrected chi connectivity index (χ2v) is 8.73. The van der Waals surface area contributed by atoms with Gasteiger partial charge in [-0.3, -0.25) is 4.79 Å². The number of rotatable bonds is 4. The Kier molecular flexibility index (Phi) is 4.52. The zero-order chi connectivity index (χ0) is 21.7. The van der Waals surface area contributed by atoms with Gasteiger partial charge in [-0.05, 0) is 61.4 Å². The number of carbonyl (C=O) groups excluding carboxylic acids is 1. The summed E-state index contributed by atoms with van der Waals surface area (Å²) in [5.41, 5.74) is 4.79. The number of aromatic nitrogens is 3. The first kappa shape index (κ1) is 19.2. The molecule has 6 heteroatoms. The van der Waals surface area contributed by atoms with E-state index in [0.717, 1.165) is 37.8 Å². The first-order chi connectivity index (χ1) is 15.7. The molecule has 0 bridgehead atoms. The third-order valence-corrected chi connectivity index (χ3v) is 6.56. The molecular weight excluding hydrogens is 403 g/mol. The first-order valence-corrected chi connectivity index (χ1v) is 11.2. The van der Waals surface area contributed by atoms with Crippen molar-refractivity contribution in [2.45, 2.75) is 44.1 Å². The van der Waals surface area contributed by atoms with E-state index in [0.29, 0.717) is 28.2 Å². The quantitative estimate of drug-likeness (QED) is 0.485. The average Bonchev–Trinajstić information content (AvgIpc) is 3.59. The highest BCUT2D eigenvalue weighted by atomic mass is 19.1. The Hall–Kier alpha value is -3.54. The van der Waals surface area contributed by atoms with Crippen LogP contribution in [0, 0.1) is 5.82 Å². The molecule has 2 aliphatic rings. The molecule has 0 radical (unpaired) electrons. The predicted octanol–water partition coefficient (Wildman–Crippen LogP) is 5.24. The van der Waals surface area contributed by atoms with Crippen LogP contribution in [0.1, 0.15) is 64.8 Å². The molecule has 1 atom stereocenters. The Morgan fingerprint density at radius 3 is 2.72 bits per heavy atom. The summed E-state index contributed by atoms with van der Waals surface area (Å²) in [6, 6.07) is 16.7. The molecule has 4 aromatic rings. The molecule has 6 rings (SSSR count). The molecule has 32 heavy (non-hydrogen) atoms. The lowest BCUT2D eigenvalue weighted by molar-refractivity contribution is 0.0934. The molecule has 0 spiro atoms. The van der Waals surface area contributed by atoms with Gasteiger partial charge in [0.05, 0.1) is 23.2 Å². The fraction of sp³-hybridized carbons (Fsp3) is 0.269. The van der Waals surface area contributed by atoms with E-state index < -0.39 is 0 Å². The van der Waals surface area contributed by atoms with E-state index in [2.05, 4.69) is 28.6 Å². The van der Waals surface area contributed by atoms with Crippen molar-refractivity contribution in [1.29, 1.82) is 0 Å². The first-order valence-electron chi connectivity index (χ1n) is 11.2. The number of carbonyl (C=O) groups is 1. The van der Waals surface area contributed by atoms with E-state index in [1.54, 1.807) is 24.4 Å². The number of hydrogen-bond acceptors (Lipinski definition) is 3. The number of amides is 1. The molecule has 2 heterocycles. The lowest BCUT2D eigenvalue weighted by Crippen LogP contribution is -2.31. The molecule has 1 N–H and O–H groups in total. The highest BCUT2D eigenvalue weighted by molar-refractivity contribution is 6.06. The van der Waals surface area contributed by atoms with E-state index in [1.165, 1.54) is 21.9 Å². The van der Waals surface area contributed by atoms with Crippen molar-refractivity contribution in [3.8, 4) is 5.69 Å². The lowest BCUT2D eigenvalue weighted by Gasteiger charge is -2.26.